The molecule has 6 nitrogen and oxygen atoms in total. The van der Waals surface area contributed by atoms with Gasteiger partial charge in [-0.25, -0.2) is 9.18 Å². The zero-order chi connectivity index (χ0) is 14.4. The second-order valence-electron chi connectivity index (χ2n) is 3.80. The SMILES string of the molecule is CC(Oc1ccc(F)cc1)C(=O)NC(CO)C(=O)O. The molecule has 7 heteroatoms. The fourth-order valence-corrected chi connectivity index (χ4v) is 1.25. The number of aliphatic hydroxyl groups excluding tert-OH is 1. The molecule has 0 heterocycles. The van der Waals surface area contributed by atoms with Crippen molar-refractivity contribution in [3.8, 4) is 5.75 Å². The van der Waals surface area contributed by atoms with Crippen LogP contribution in [0, 0.1) is 5.82 Å². The molecule has 0 bridgehead atoms. The van der Waals surface area contributed by atoms with Crippen molar-refractivity contribution in [1.82, 2.24) is 5.32 Å². The molecule has 0 fully saturated rings. The Hall–Kier alpha value is -2.15. The van der Waals surface area contributed by atoms with Gasteiger partial charge < -0.3 is 20.3 Å². The Morgan fingerprint density at radius 2 is 1.95 bits per heavy atom. The molecule has 0 aliphatic rings. The summed E-state index contributed by atoms with van der Waals surface area (Å²) in [5.41, 5.74) is 0. The van der Waals surface area contributed by atoms with Crippen LogP contribution in [0.25, 0.3) is 0 Å². The highest BCUT2D eigenvalue weighted by molar-refractivity contribution is 5.86. The van der Waals surface area contributed by atoms with Gasteiger partial charge in [0.05, 0.1) is 6.61 Å². The number of aliphatic carboxylic acids is 1. The van der Waals surface area contributed by atoms with E-state index in [0.29, 0.717) is 0 Å². The minimum atomic E-state index is -1.38. The van der Waals surface area contributed by atoms with Gasteiger partial charge in [-0.15, -0.1) is 0 Å². The number of carbonyl (C=O) groups excluding carboxylic acids is 1. The van der Waals surface area contributed by atoms with Gasteiger partial charge in [-0.1, -0.05) is 0 Å². The minimum Gasteiger partial charge on any atom is -0.481 e. The van der Waals surface area contributed by atoms with Gasteiger partial charge in [-0.3, -0.25) is 4.79 Å². The standard InChI is InChI=1S/C12H14FNO5/c1-7(11(16)14-10(6-15)12(17)18)19-9-4-2-8(13)3-5-9/h2-5,7,10,15H,6H2,1H3,(H,14,16)(H,17,18). The molecule has 104 valence electrons. The van der Waals surface area contributed by atoms with Gasteiger partial charge in [0.25, 0.3) is 5.91 Å². The number of halogens is 1. The van der Waals surface area contributed by atoms with Crippen molar-refractivity contribution in [2.45, 2.75) is 19.1 Å². The first-order valence-electron chi connectivity index (χ1n) is 5.50. The zero-order valence-corrected chi connectivity index (χ0v) is 10.2. The van der Waals surface area contributed by atoms with Crippen molar-refractivity contribution in [3.63, 3.8) is 0 Å². The number of aliphatic hydroxyl groups is 1. The Labute approximate surface area is 108 Å². The topological polar surface area (TPSA) is 95.9 Å². The number of hydrogen-bond acceptors (Lipinski definition) is 4. The van der Waals surface area contributed by atoms with E-state index in [1.807, 2.05) is 0 Å². The third kappa shape index (κ3) is 4.55. The first kappa shape index (κ1) is 14.9. The molecule has 1 aromatic rings. The lowest BCUT2D eigenvalue weighted by atomic mass is 10.2. The van der Waals surface area contributed by atoms with Crippen molar-refractivity contribution >= 4 is 11.9 Å². The number of ether oxygens (including phenoxy) is 1. The van der Waals surface area contributed by atoms with Gasteiger partial charge in [0.1, 0.15) is 17.6 Å². The van der Waals surface area contributed by atoms with Crippen LogP contribution in [-0.4, -0.2) is 40.8 Å². The molecule has 0 aromatic heterocycles. The fraction of sp³-hybridized carbons (Fsp3) is 0.333. The molecule has 2 unspecified atom stereocenters. The van der Waals surface area contributed by atoms with Crippen LogP contribution in [0.4, 0.5) is 4.39 Å². The summed E-state index contributed by atoms with van der Waals surface area (Å²) in [4.78, 5) is 22.2. The molecule has 0 aliphatic carbocycles. The molecule has 0 spiro atoms. The highest BCUT2D eigenvalue weighted by atomic mass is 19.1. The Bertz CT molecular complexity index is 448. The van der Waals surface area contributed by atoms with E-state index in [2.05, 4.69) is 5.32 Å². The maximum Gasteiger partial charge on any atom is 0.328 e. The molecule has 2 atom stereocenters. The predicted octanol–water partition coefficient (Wildman–Crippen LogP) is 0.155. The van der Waals surface area contributed by atoms with E-state index < -0.39 is 36.4 Å². The summed E-state index contributed by atoms with van der Waals surface area (Å²) in [6.45, 7) is 0.694. The van der Waals surface area contributed by atoms with E-state index in [0.717, 1.165) is 0 Å². The van der Waals surface area contributed by atoms with Gasteiger partial charge >= 0.3 is 5.97 Å². The number of benzene rings is 1. The molecule has 3 N–H and O–H groups in total. The molecule has 0 radical (unpaired) electrons. The third-order valence-electron chi connectivity index (χ3n) is 2.29. The predicted molar refractivity (Wildman–Crippen MR) is 63.1 cm³/mol. The molecule has 1 aromatic carbocycles. The molecule has 1 amide bonds. The lowest BCUT2D eigenvalue weighted by Crippen LogP contribution is -2.48. The third-order valence-corrected chi connectivity index (χ3v) is 2.29. The lowest BCUT2D eigenvalue weighted by molar-refractivity contribution is -0.144. The summed E-state index contributed by atoms with van der Waals surface area (Å²) in [7, 11) is 0. The summed E-state index contributed by atoms with van der Waals surface area (Å²) in [6.07, 6.45) is -0.973. The highest BCUT2D eigenvalue weighted by Gasteiger charge is 2.23. The number of nitrogens with one attached hydrogen (secondary N) is 1. The Kier molecular flexibility index (Phi) is 5.25. The Morgan fingerprint density at radius 1 is 1.37 bits per heavy atom. The van der Waals surface area contributed by atoms with Crippen LogP contribution in [0.5, 0.6) is 5.75 Å². The normalized spacial score (nSPS) is 13.4. The zero-order valence-electron chi connectivity index (χ0n) is 10.2. The van der Waals surface area contributed by atoms with Crippen LogP contribution in [0.1, 0.15) is 6.92 Å². The van der Waals surface area contributed by atoms with Crippen molar-refractivity contribution in [1.29, 1.82) is 0 Å². The molecule has 1 rings (SSSR count). The molecule has 0 aliphatic heterocycles. The average molecular weight is 271 g/mol. The van der Waals surface area contributed by atoms with Crippen LogP contribution in [0.15, 0.2) is 24.3 Å². The van der Waals surface area contributed by atoms with Crippen molar-refractivity contribution in [2.75, 3.05) is 6.61 Å². The van der Waals surface area contributed by atoms with Crippen molar-refractivity contribution in [3.05, 3.63) is 30.1 Å². The quantitative estimate of drug-likeness (QED) is 0.684. The van der Waals surface area contributed by atoms with E-state index in [1.54, 1.807) is 0 Å². The number of carboxylic acids is 1. The van der Waals surface area contributed by atoms with Crippen molar-refractivity contribution < 1.29 is 28.9 Å². The van der Waals surface area contributed by atoms with Crippen LogP contribution in [0.3, 0.4) is 0 Å². The summed E-state index contributed by atoms with van der Waals surface area (Å²) in [5, 5.41) is 19.5. The number of amides is 1. The molecule has 19 heavy (non-hydrogen) atoms. The van der Waals surface area contributed by atoms with E-state index in [9.17, 15) is 14.0 Å². The number of rotatable bonds is 6. The van der Waals surface area contributed by atoms with E-state index in [4.69, 9.17) is 14.9 Å². The monoisotopic (exact) mass is 271 g/mol. The average Bonchev–Trinajstić information content (AvgIpc) is 2.37. The number of hydrogen-bond donors (Lipinski definition) is 3. The van der Waals surface area contributed by atoms with E-state index in [-0.39, 0.29) is 5.75 Å². The molecular weight excluding hydrogens is 257 g/mol. The highest BCUT2D eigenvalue weighted by Crippen LogP contribution is 2.13. The summed E-state index contributed by atoms with van der Waals surface area (Å²) < 4.78 is 17.9. The minimum absolute atomic E-state index is 0.278. The largest absolute Gasteiger partial charge is 0.481 e. The summed E-state index contributed by atoms with van der Waals surface area (Å²) in [5.74, 6) is -2.19. The lowest BCUT2D eigenvalue weighted by Gasteiger charge is -2.17. The smallest absolute Gasteiger partial charge is 0.328 e. The fourth-order valence-electron chi connectivity index (χ4n) is 1.25. The molecule has 0 saturated carbocycles. The first-order chi connectivity index (χ1) is 8.93. The van der Waals surface area contributed by atoms with Crippen LogP contribution in [-0.2, 0) is 9.59 Å². The summed E-state index contributed by atoms with van der Waals surface area (Å²) in [6, 6.07) is 3.66. The van der Waals surface area contributed by atoms with Crippen LogP contribution in [0.2, 0.25) is 0 Å². The van der Waals surface area contributed by atoms with Gasteiger partial charge in [0, 0.05) is 0 Å². The van der Waals surface area contributed by atoms with E-state index >= 15 is 0 Å². The Morgan fingerprint density at radius 3 is 2.42 bits per heavy atom. The molecule has 0 saturated heterocycles. The van der Waals surface area contributed by atoms with Gasteiger partial charge in [-0.05, 0) is 31.2 Å². The second kappa shape index (κ2) is 6.69. The maximum absolute atomic E-state index is 12.7. The van der Waals surface area contributed by atoms with Crippen LogP contribution < -0.4 is 10.1 Å². The van der Waals surface area contributed by atoms with Gasteiger partial charge in [-0.2, -0.15) is 0 Å². The molecular formula is C12H14FNO5. The van der Waals surface area contributed by atoms with Crippen molar-refractivity contribution in [2.24, 2.45) is 0 Å². The maximum atomic E-state index is 12.7. The van der Waals surface area contributed by atoms with Gasteiger partial charge in [0.15, 0.2) is 6.10 Å². The number of carboxylic acid groups (broad SMARTS) is 1. The summed E-state index contributed by atoms with van der Waals surface area (Å²) >= 11 is 0. The van der Waals surface area contributed by atoms with E-state index in [1.165, 1.54) is 31.2 Å². The van der Waals surface area contributed by atoms with Gasteiger partial charge in [0.2, 0.25) is 0 Å². The Balaban J connectivity index is 2.57. The number of carbonyl (C=O) groups is 2. The van der Waals surface area contributed by atoms with Crippen LogP contribution >= 0.6 is 0 Å². The second-order valence-corrected chi connectivity index (χ2v) is 3.80. The first-order valence-corrected chi connectivity index (χ1v) is 5.50.